The van der Waals surface area contributed by atoms with E-state index in [4.69, 9.17) is 5.73 Å². The molecule has 1 aliphatic heterocycles. The van der Waals surface area contributed by atoms with Gasteiger partial charge in [0.2, 0.25) is 0 Å². The molecule has 3 heteroatoms. The summed E-state index contributed by atoms with van der Waals surface area (Å²) in [7, 11) is 0. The molecular formula is C14H29N3. The van der Waals surface area contributed by atoms with Crippen LogP contribution in [0.15, 0.2) is 0 Å². The Balaban J connectivity index is 1.76. The average Bonchev–Trinajstić information content (AvgIpc) is 3.06. The Hall–Kier alpha value is -0.120. The quantitative estimate of drug-likeness (QED) is 0.737. The molecule has 2 aliphatic rings. The molecule has 0 aromatic carbocycles. The van der Waals surface area contributed by atoms with Crippen LogP contribution in [-0.4, -0.2) is 43.2 Å². The highest BCUT2D eigenvalue weighted by Gasteiger charge is 2.37. The minimum Gasteiger partial charge on any atom is -0.329 e. The summed E-state index contributed by atoms with van der Waals surface area (Å²) in [5.74, 6) is 1.87. The van der Waals surface area contributed by atoms with Crippen molar-refractivity contribution >= 4 is 0 Å². The monoisotopic (exact) mass is 239 g/mol. The van der Waals surface area contributed by atoms with Gasteiger partial charge >= 0.3 is 0 Å². The zero-order valence-electron chi connectivity index (χ0n) is 11.5. The maximum absolute atomic E-state index is 6.02. The van der Waals surface area contributed by atoms with Crippen molar-refractivity contribution in [1.29, 1.82) is 0 Å². The second-order valence-corrected chi connectivity index (χ2v) is 6.18. The van der Waals surface area contributed by atoms with Crippen LogP contribution < -0.4 is 11.1 Å². The van der Waals surface area contributed by atoms with Gasteiger partial charge in [-0.2, -0.15) is 0 Å². The van der Waals surface area contributed by atoms with Crippen LogP contribution in [0.5, 0.6) is 0 Å². The summed E-state index contributed by atoms with van der Waals surface area (Å²) in [6.07, 6.45) is 5.13. The summed E-state index contributed by atoms with van der Waals surface area (Å²) < 4.78 is 0. The molecule has 0 radical (unpaired) electrons. The Bertz CT molecular complexity index is 234. The van der Waals surface area contributed by atoms with Crippen LogP contribution in [0.3, 0.4) is 0 Å². The summed E-state index contributed by atoms with van der Waals surface area (Å²) in [4.78, 5) is 2.58. The predicted octanol–water partition coefficient (Wildman–Crippen LogP) is 1.44. The summed E-state index contributed by atoms with van der Waals surface area (Å²) >= 11 is 0. The minimum absolute atomic E-state index is 0.243. The van der Waals surface area contributed by atoms with Crippen molar-refractivity contribution in [1.82, 2.24) is 10.2 Å². The molecule has 1 aliphatic carbocycles. The summed E-state index contributed by atoms with van der Waals surface area (Å²) in [6.45, 7) is 10.3. The van der Waals surface area contributed by atoms with Gasteiger partial charge in [-0.05, 0) is 63.7 Å². The predicted molar refractivity (Wildman–Crippen MR) is 73.0 cm³/mol. The number of nitrogens with one attached hydrogen (secondary N) is 1. The fourth-order valence-corrected chi connectivity index (χ4v) is 3.01. The van der Waals surface area contributed by atoms with Crippen molar-refractivity contribution in [2.75, 3.05) is 32.7 Å². The molecule has 1 heterocycles. The smallest absolute Gasteiger partial charge is 0.0328 e. The Morgan fingerprint density at radius 1 is 1.35 bits per heavy atom. The SMILES string of the molecule is CCCN1CCC(CN)(NCC2CC2C)CC1. The first-order valence-corrected chi connectivity index (χ1v) is 7.36. The minimum atomic E-state index is 0.243. The molecule has 2 fully saturated rings. The van der Waals surface area contributed by atoms with Gasteiger partial charge in [0.15, 0.2) is 0 Å². The number of rotatable bonds is 6. The third-order valence-corrected chi connectivity index (χ3v) is 4.76. The summed E-state index contributed by atoms with van der Waals surface area (Å²) in [5, 5.41) is 3.79. The second-order valence-electron chi connectivity index (χ2n) is 6.18. The van der Waals surface area contributed by atoms with E-state index in [0.29, 0.717) is 0 Å². The fraction of sp³-hybridized carbons (Fsp3) is 1.00. The third kappa shape index (κ3) is 3.43. The highest BCUT2D eigenvalue weighted by Crippen LogP contribution is 2.37. The van der Waals surface area contributed by atoms with E-state index in [9.17, 15) is 0 Å². The number of likely N-dealkylation sites (tertiary alicyclic amines) is 1. The molecule has 17 heavy (non-hydrogen) atoms. The molecule has 2 atom stereocenters. The van der Waals surface area contributed by atoms with Crippen LogP contribution in [0.25, 0.3) is 0 Å². The highest BCUT2D eigenvalue weighted by molar-refractivity contribution is 4.96. The molecule has 0 aromatic rings. The molecule has 3 nitrogen and oxygen atoms in total. The lowest BCUT2D eigenvalue weighted by atomic mass is 9.87. The zero-order valence-corrected chi connectivity index (χ0v) is 11.5. The van der Waals surface area contributed by atoms with E-state index in [1.165, 1.54) is 51.9 Å². The van der Waals surface area contributed by atoms with Crippen molar-refractivity contribution in [3.63, 3.8) is 0 Å². The first-order chi connectivity index (χ1) is 8.19. The van der Waals surface area contributed by atoms with Crippen LogP contribution in [0.4, 0.5) is 0 Å². The standard InChI is InChI=1S/C14H29N3/c1-3-6-17-7-4-14(11-15,5-8-17)16-10-13-9-12(13)2/h12-13,16H,3-11,15H2,1-2H3. The van der Waals surface area contributed by atoms with E-state index in [2.05, 4.69) is 24.1 Å². The molecule has 1 saturated heterocycles. The number of hydrogen-bond acceptors (Lipinski definition) is 3. The van der Waals surface area contributed by atoms with E-state index < -0.39 is 0 Å². The lowest BCUT2D eigenvalue weighted by molar-refractivity contribution is 0.138. The van der Waals surface area contributed by atoms with Gasteiger partial charge < -0.3 is 16.0 Å². The van der Waals surface area contributed by atoms with Crippen molar-refractivity contribution in [2.45, 2.75) is 45.1 Å². The molecule has 100 valence electrons. The lowest BCUT2D eigenvalue weighted by Crippen LogP contribution is -2.58. The second kappa shape index (κ2) is 5.68. The molecule has 2 unspecified atom stereocenters. The van der Waals surface area contributed by atoms with Crippen molar-refractivity contribution in [2.24, 2.45) is 17.6 Å². The number of hydrogen-bond donors (Lipinski definition) is 2. The topological polar surface area (TPSA) is 41.3 Å². The maximum Gasteiger partial charge on any atom is 0.0328 e. The Kier molecular flexibility index (Phi) is 4.45. The summed E-state index contributed by atoms with van der Waals surface area (Å²) in [6, 6.07) is 0. The molecule has 0 aromatic heterocycles. The molecule has 0 amide bonds. The van der Waals surface area contributed by atoms with Gasteiger partial charge in [-0.3, -0.25) is 0 Å². The van der Waals surface area contributed by atoms with Crippen LogP contribution in [0, 0.1) is 11.8 Å². The van der Waals surface area contributed by atoms with Gasteiger partial charge in [0.05, 0.1) is 0 Å². The van der Waals surface area contributed by atoms with Crippen LogP contribution in [0.2, 0.25) is 0 Å². The molecule has 2 rings (SSSR count). The van der Waals surface area contributed by atoms with Crippen LogP contribution in [-0.2, 0) is 0 Å². The van der Waals surface area contributed by atoms with Gasteiger partial charge in [-0.1, -0.05) is 13.8 Å². The van der Waals surface area contributed by atoms with Gasteiger partial charge in [0, 0.05) is 12.1 Å². The largest absolute Gasteiger partial charge is 0.329 e. The molecule has 0 bridgehead atoms. The van der Waals surface area contributed by atoms with Crippen molar-refractivity contribution in [3.8, 4) is 0 Å². The first kappa shape index (κ1) is 13.3. The lowest BCUT2D eigenvalue weighted by Gasteiger charge is -2.42. The highest BCUT2D eigenvalue weighted by atomic mass is 15.2. The van der Waals surface area contributed by atoms with Gasteiger partial charge in [0.1, 0.15) is 0 Å². The Labute approximate surface area is 106 Å². The zero-order chi connectivity index (χ0) is 12.3. The molecule has 0 spiro atoms. The number of nitrogens with two attached hydrogens (primary N) is 1. The van der Waals surface area contributed by atoms with Gasteiger partial charge in [-0.15, -0.1) is 0 Å². The van der Waals surface area contributed by atoms with Crippen molar-refractivity contribution < 1.29 is 0 Å². The fourth-order valence-electron chi connectivity index (χ4n) is 3.01. The Morgan fingerprint density at radius 2 is 2.00 bits per heavy atom. The maximum atomic E-state index is 6.02. The van der Waals surface area contributed by atoms with Crippen LogP contribution in [0.1, 0.15) is 39.5 Å². The number of piperidine rings is 1. The van der Waals surface area contributed by atoms with Gasteiger partial charge in [0.25, 0.3) is 0 Å². The molecule has 3 N–H and O–H groups in total. The average molecular weight is 239 g/mol. The van der Waals surface area contributed by atoms with E-state index >= 15 is 0 Å². The Morgan fingerprint density at radius 3 is 2.47 bits per heavy atom. The van der Waals surface area contributed by atoms with E-state index in [1.54, 1.807) is 0 Å². The van der Waals surface area contributed by atoms with E-state index in [-0.39, 0.29) is 5.54 Å². The third-order valence-electron chi connectivity index (χ3n) is 4.76. The van der Waals surface area contributed by atoms with E-state index in [1.807, 2.05) is 0 Å². The molecule has 1 saturated carbocycles. The van der Waals surface area contributed by atoms with Crippen molar-refractivity contribution in [3.05, 3.63) is 0 Å². The summed E-state index contributed by atoms with van der Waals surface area (Å²) in [5.41, 5.74) is 6.26. The van der Waals surface area contributed by atoms with Crippen LogP contribution >= 0.6 is 0 Å². The van der Waals surface area contributed by atoms with E-state index in [0.717, 1.165) is 18.4 Å². The molecular weight excluding hydrogens is 210 g/mol. The first-order valence-electron chi connectivity index (χ1n) is 7.36. The normalized spacial score (nSPS) is 32.6. The number of nitrogens with zero attached hydrogens (tertiary/aromatic N) is 1. The van der Waals surface area contributed by atoms with Gasteiger partial charge in [-0.25, -0.2) is 0 Å².